The summed E-state index contributed by atoms with van der Waals surface area (Å²) in [7, 11) is 0. The second kappa shape index (κ2) is 13.6. The largest absolute Gasteiger partial charge is 0.483 e. The highest BCUT2D eigenvalue weighted by molar-refractivity contribution is 6.30. The van der Waals surface area contributed by atoms with Crippen molar-refractivity contribution < 1.29 is 9.15 Å². The molecule has 63 heavy (non-hydrogen) atoms. The number of anilines is 6. The zero-order valence-corrected chi connectivity index (χ0v) is 35.7. The molecule has 304 valence electrons. The van der Waals surface area contributed by atoms with Crippen molar-refractivity contribution in [3.63, 3.8) is 0 Å². The van der Waals surface area contributed by atoms with Crippen LogP contribution in [0.3, 0.4) is 0 Å². The quantitative estimate of drug-likeness (QED) is 0.150. The summed E-state index contributed by atoms with van der Waals surface area (Å²) in [5.41, 5.74) is 13.8. The Labute approximate surface area is 367 Å². The maximum atomic E-state index is 6.93. The van der Waals surface area contributed by atoms with Crippen molar-refractivity contribution in [3.8, 4) is 5.75 Å². The smallest absolute Gasteiger partial charge is 0.159 e. The number of hydrogen-bond acceptors (Lipinski definition) is 4. The first kappa shape index (κ1) is 36.4. The van der Waals surface area contributed by atoms with E-state index in [-0.39, 0.29) is 17.4 Å². The van der Waals surface area contributed by atoms with Crippen LogP contribution in [0.15, 0.2) is 180 Å². The third kappa shape index (κ3) is 5.28. The van der Waals surface area contributed by atoms with Gasteiger partial charge >= 0.3 is 0 Å². The molecule has 0 saturated carbocycles. The predicted octanol–water partition coefficient (Wildman–Crippen LogP) is 16.2. The summed E-state index contributed by atoms with van der Waals surface area (Å²) in [6, 6.07) is 55.8. The number of fused-ring (bicyclic) bond motifs is 6. The summed E-state index contributed by atoms with van der Waals surface area (Å²) in [5.74, 6) is 1.15. The molecule has 1 aromatic heterocycles. The van der Waals surface area contributed by atoms with Crippen molar-refractivity contribution in [1.29, 1.82) is 0 Å². The number of hydrogen-bond donors (Lipinski definition) is 0. The van der Waals surface area contributed by atoms with E-state index in [1.165, 1.54) is 60.3 Å². The summed E-state index contributed by atoms with van der Waals surface area (Å²) < 4.78 is 13.7. The molecule has 0 bridgehead atoms. The van der Waals surface area contributed by atoms with Gasteiger partial charge in [-0.1, -0.05) is 130 Å². The van der Waals surface area contributed by atoms with E-state index < -0.39 is 0 Å². The van der Waals surface area contributed by atoms with Crippen LogP contribution in [0.2, 0.25) is 0 Å². The second-order valence-electron chi connectivity index (χ2n) is 18.3. The van der Waals surface area contributed by atoms with Crippen molar-refractivity contribution in [3.05, 3.63) is 198 Å². The SMILES string of the molecule is CCc1cc(N(c2ccccc2)c2cccc3c2OC2C=CC=CC32)c2cc3c4c(cc(N(c5ccccc5)c5cccc6c5oc5ccccc56)c5ccc1c2c54)CCC3(C)C. The van der Waals surface area contributed by atoms with E-state index >= 15 is 0 Å². The second-order valence-corrected chi connectivity index (χ2v) is 18.3. The zero-order chi connectivity index (χ0) is 42.0. The molecule has 2 atom stereocenters. The lowest BCUT2D eigenvalue weighted by Crippen LogP contribution is -2.24. The van der Waals surface area contributed by atoms with Gasteiger partial charge in [0.25, 0.3) is 0 Å². The number of ether oxygens (including phenoxy) is 1. The maximum Gasteiger partial charge on any atom is 0.159 e. The van der Waals surface area contributed by atoms with Crippen molar-refractivity contribution in [2.24, 2.45) is 0 Å². The highest BCUT2D eigenvalue weighted by atomic mass is 16.5. The molecule has 0 radical (unpaired) electrons. The average Bonchev–Trinajstić information content (AvgIpc) is 3.91. The summed E-state index contributed by atoms with van der Waals surface area (Å²) in [4.78, 5) is 4.94. The Morgan fingerprint density at radius 2 is 1.25 bits per heavy atom. The molecule has 2 unspecified atom stereocenters. The summed E-state index contributed by atoms with van der Waals surface area (Å²) in [6.07, 6.45) is 11.7. The van der Waals surface area contributed by atoms with Crippen molar-refractivity contribution in [2.75, 3.05) is 9.80 Å². The minimum atomic E-state index is -0.0377. The Kier molecular flexibility index (Phi) is 7.85. The molecule has 2 aliphatic carbocycles. The molecule has 0 spiro atoms. The highest BCUT2D eigenvalue weighted by Crippen LogP contribution is 2.56. The van der Waals surface area contributed by atoms with Gasteiger partial charge in [0, 0.05) is 49.8 Å². The Balaban J connectivity index is 1.15. The first-order valence-corrected chi connectivity index (χ1v) is 22.5. The van der Waals surface area contributed by atoms with E-state index in [0.29, 0.717) is 0 Å². The van der Waals surface area contributed by atoms with Crippen LogP contribution in [-0.4, -0.2) is 6.10 Å². The molecule has 2 heterocycles. The van der Waals surface area contributed by atoms with Gasteiger partial charge in [0.2, 0.25) is 0 Å². The van der Waals surface area contributed by atoms with Crippen molar-refractivity contribution in [2.45, 2.75) is 57.5 Å². The first-order chi connectivity index (χ1) is 31.0. The lowest BCUT2D eigenvalue weighted by Gasteiger charge is -2.37. The Morgan fingerprint density at radius 3 is 2.06 bits per heavy atom. The van der Waals surface area contributed by atoms with Crippen LogP contribution in [0.5, 0.6) is 5.75 Å². The molecule has 0 amide bonds. The molecule has 3 aliphatic rings. The Hall–Kier alpha value is -7.30. The van der Waals surface area contributed by atoms with Gasteiger partial charge in [-0.15, -0.1) is 0 Å². The molecular formula is C59H46N2O2. The van der Waals surface area contributed by atoms with Crippen LogP contribution in [0.4, 0.5) is 34.1 Å². The molecular weight excluding hydrogens is 769 g/mol. The fourth-order valence-corrected chi connectivity index (χ4v) is 11.3. The van der Waals surface area contributed by atoms with Gasteiger partial charge in [0.15, 0.2) is 5.58 Å². The average molecular weight is 815 g/mol. The van der Waals surface area contributed by atoms with Crippen LogP contribution in [0.1, 0.15) is 55.4 Å². The standard InChI is InChI=1S/C59H46N2O2/c1-4-36-33-51(61(39-19-9-6-10-20-39)49-26-16-24-44-42-22-12-14-28-53(42)63-58(44)49)46-35-47-54-37(31-32-59(47,2)3)34-50(45-30-29-40(36)55(46)56(45)54)60(38-17-7-5-8-18-38)48-25-15-23-43-41-21-11-13-27-52(41)62-57(43)48/h5-30,33-35,42,53H,4,31-32H2,1-3H3. The van der Waals surface area contributed by atoms with Crippen LogP contribution >= 0.6 is 0 Å². The van der Waals surface area contributed by atoms with E-state index in [4.69, 9.17) is 9.15 Å². The summed E-state index contributed by atoms with van der Waals surface area (Å²) >= 11 is 0. The number of furan rings is 1. The predicted molar refractivity (Wildman–Crippen MR) is 263 cm³/mol. The maximum absolute atomic E-state index is 6.93. The number of nitrogens with zero attached hydrogens (tertiary/aromatic N) is 2. The summed E-state index contributed by atoms with van der Waals surface area (Å²) in [5, 5.41) is 10.1. The van der Waals surface area contributed by atoms with Gasteiger partial charge in [-0.3, -0.25) is 0 Å². The summed E-state index contributed by atoms with van der Waals surface area (Å²) in [6.45, 7) is 7.19. The van der Waals surface area contributed by atoms with Gasteiger partial charge < -0.3 is 19.0 Å². The van der Waals surface area contributed by atoms with E-state index in [1.54, 1.807) is 0 Å². The van der Waals surface area contributed by atoms with Gasteiger partial charge in [0.1, 0.15) is 17.4 Å². The molecule has 9 aromatic carbocycles. The lowest BCUT2D eigenvalue weighted by molar-refractivity contribution is 0.269. The molecule has 0 saturated heterocycles. The fourth-order valence-electron chi connectivity index (χ4n) is 11.3. The van der Waals surface area contributed by atoms with E-state index in [0.717, 1.165) is 75.4 Å². The number of rotatable bonds is 7. The van der Waals surface area contributed by atoms with Crippen molar-refractivity contribution in [1.82, 2.24) is 0 Å². The van der Waals surface area contributed by atoms with E-state index in [9.17, 15) is 0 Å². The molecule has 1 aliphatic heterocycles. The molecule has 13 rings (SSSR count). The van der Waals surface area contributed by atoms with E-state index in [2.05, 4.69) is 207 Å². The molecule has 10 aromatic rings. The molecule has 0 fully saturated rings. The van der Waals surface area contributed by atoms with Crippen LogP contribution < -0.4 is 14.5 Å². The minimum Gasteiger partial charge on any atom is -0.483 e. The monoisotopic (exact) mass is 814 g/mol. The number of benzene rings is 9. The van der Waals surface area contributed by atoms with Gasteiger partial charge in [-0.2, -0.15) is 0 Å². The number of allylic oxidation sites excluding steroid dienone is 2. The van der Waals surface area contributed by atoms with Gasteiger partial charge in [0.05, 0.1) is 22.7 Å². The third-order valence-corrected chi connectivity index (χ3v) is 14.4. The Morgan fingerprint density at radius 1 is 0.571 bits per heavy atom. The Bertz CT molecular complexity index is 3520. The van der Waals surface area contributed by atoms with Gasteiger partial charge in [-0.25, -0.2) is 0 Å². The lowest BCUT2D eigenvalue weighted by atomic mass is 9.70. The highest BCUT2D eigenvalue weighted by Gasteiger charge is 2.37. The molecule has 4 heteroatoms. The zero-order valence-electron chi connectivity index (χ0n) is 35.7. The number of para-hydroxylation sites is 5. The number of aryl methyl sites for hydroxylation is 2. The van der Waals surface area contributed by atoms with E-state index in [1.807, 2.05) is 0 Å². The topological polar surface area (TPSA) is 28.9 Å². The molecule has 0 N–H and O–H groups in total. The molecule has 4 nitrogen and oxygen atoms in total. The van der Waals surface area contributed by atoms with Crippen molar-refractivity contribution >= 4 is 88.4 Å². The fraction of sp³-hybridized carbons (Fsp3) is 0.153. The normalized spacial score (nSPS) is 17.2. The van der Waals surface area contributed by atoms with Crippen LogP contribution in [-0.2, 0) is 18.3 Å². The minimum absolute atomic E-state index is 0.0172. The van der Waals surface area contributed by atoms with Crippen LogP contribution in [0.25, 0.3) is 54.3 Å². The van der Waals surface area contributed by atoms with Crippen LogP contribution in [0, 0.1) is 0 Å². The van der Waals surface area contributed by atoms with Gasteiger partial charge in [-0.05, 0) is 124 Å². The third-order valence-electron chi connectivity index (χ3n) is 14.4. The first-order valence-electron chi connectivity index (χ1n) is 22.5.